The number of allylic oxidation sites excluding steroid dienone is 1. The highest BCUT2D eigenvalue weighted by Crippen LogP contribution is 2.58. The number of halogens is 4. The zero-order valence-electron chi connectivity index (χ0n) is 23.3. The van der Waals surface area contributed by atoms with Crippen LogP contribution in [0.4, 0.5) is 23.2 Å². The minimum Gasteiger partial charge on any atom is -0.339 e. The quantitative estimate of drug-likeness (QED) is 0.243. The summed E-state index contributed by atoms with van der Waals surface area (Å²) < 4.78 is 58.1. The number of benzene rings is 1. The van der Waals surface area contributed by atoms with E-state index >= 15 is 0 Å². The van der Waals surface area contributed by atoms with E-state index < -0.39 is 17.6 Å². The lowest BCUT2D eigenvalue weighted by molar-refractivity contribution is -0.137. The molecule has 1 amide bonds. The number of rotatable bonds is 9. The second kappa shape index (κ2) is 11.0. The van der Waals surface area contributed by atoms with Gasteiger partial charge in [-0.05, 0) is 68.2 Å². The van der Waals surface area contributed by atoms with Crippen LogP contribution in [0.2, 0.25) is 0 Å². The van der Waals surface area contributed by atoms with Crippen molar-refractivity contribution in [3.8, 4) is 11.4 Å². The molecule has 3 fully saturated rings. The number of hydrogen-bond acceptors (Lipinski definition) is 5. The molecule has 0 spiro atoms. The van der Waals surface area contributed by atoms with Crippen molar-refractivity contribution in [3.63, 3.8) is 0 Å². The van der Waals surface area contributed by atoms with Crippen LogP contribution in [0.1, 0.15) is 88.3 Å². The zero-order chi connectivity index (χ0) is 29.4. The highest BCUT2D eigenvalue weighted by atomic mass is 19.4. The first kappa shape index (κ1) is 29.0. The first-order valence-corrected chi connectivity index (χ1v) is 14.0. The monoisotopic (exact) mass is 570 g/mol. The molecule has 6 nitrogen and oxygen atoms in total. The summed E-state index contributed by atoms with van der Waals surface area (Å²) in [5, 5.41) is 4.10. The first-order chi connectivity index (χ1) is 19.4. The van der Waals surface area contributed by atoms with Gasteiger partial charge >= 0.3 is 6.18 Å². The molecule has 1 aromatic carbocycles. The standard InChI is InChI=1S/C31H34F4N4O2/c1-20(2)28-37-27(38-41-28)22-5-4-6-24(17-22)39(26(40)10-7-21(3)32)19-29-11-14-30(15-12-29,16-13-29)25-9-8-23(18-36-25)31(33,34)35/h4-6,8-9,17-18,20H,3,7,10-16,19H2,1-2H3. The van der Waals surface area contributed by atoms with E-state index in [1.165, 1.54) is 6.07 Å². The molecule has 0 unspecified atom stereocenters. The summed E-state index contributed by atoms with van der Waals surface area (Å²) in [5.41, 5.74) is 0.952. The second-order valence-electron chi connectivity index (χ2n) is 11.9. The molecule has 10 heteroatoms. The lowest BCUT2D eigenvalue weighted by Gasteiger charge is -2.54. The van der Waals surface area contributed by atoms with Crippen molar-refractivity contribution in [2.75, 3.05) is 11.4 Å². The molecule has 0 atom stereocenters. The Morgan fingerprint density at radius 2 is 1.78 bits per heavy atom. The number of alkyl halides is 3. The largest absolute Gasteiger partial charge is 0.417 e. The third-order valence-electron chi connectivity index (χ3n) is 8.79. The van der Waals surface area contributed by atoms with Gasteiger partial charge in [-0.15, -0.1) is 0 Å². The molecule has 0 N–H and O–H groups in total. The lowest BCUT2D eigenvalue weighted by Crippen LogP contribution is -2.51. The van der Waals surface area contributed by atoms with Gasteiger partial charge in [-0.3, -0.25) is 9.78 Å². The molecular formula is C31H34F4N4O2. The van der Waals surface area contributed by atoms with Crippen LogP contribution >= 0.6 is 0 Å². The van der Waals surface area contributed by atoms with Crippen molar-refractivity contribution >= 4 is 11.6 Å². The van der Waals surface area contributed by atoms with Gasteiger partial charge in [0.05, 0.1) is 11.4 Å². The summed E-state index contributed by atoms with van der Waals surface area (Å²) in [4.78, 5) is 24.0. The molecule has 0 radical (unpaired) electrons. The van der Waals surface area contributed by atoms with E-state index in [0.717, 1.165) is 50.8 Å². The van der Waals surface area contributed by atoms with Crippen LogP contribution in [0.15, 0.2) is 59.5 Å². The summed E-state index contributed by atoms with van der Waals surface area (Å²) in [7, 11) is 0. The van der Waals surface area contributed by atoms with Gasteiger partial charge in [0, 0.05) is 53.9 Å². The van der Waals surface area contributed by atoms with Crippen molar-refractivity contribution in [1.82, 2.24) is 15.1 Å². The minimum atomic E-state index is -4.42. The third kappa shape index (κ3) is 6.06. The average Bonchev–Trinajstić information content (AvgIpc) is 3.47. The van der Waals surface area contributed by atoms with Gasteiger partial charge in [0.1, 0.15) is 0 Å². The van der Waals surface area contributed by atoms with Crippen LogP contribution in [0.5, 0.6) is 0 Å². The summed E-state index contributed by atoms with van der Waals surface area (Å²) >= 11 is 0. The van der Waals surface area contributed by atoms with Gasteiger partial charge in [-0.25, -0.2) is 4.39 Å². The van der Waals surface area contributed by atoms with Crippen LogP contribution in [0.25, 0.3) is 11.4 Å². The number of anilines is 1. The predicted molar refractivity (Wildman–Crippen MR) is 147 cm³/mol. The molecule has 2 bridgehead atoms. The van der Waals surface area contributed by atoms with Crippen LogP contribution in [-0.4, -0.2) is 27.6 Å². The maximum Gasteiger partial charge on any atom is 0.417 e. The number of nitrogens with zero attached hydrogens (tertiary/aromatic N) is 4. The zero-order valence-corrected chi connectivity index (χ0v) is 23.3. The van der Waals surface area contributed by atoms with Crippen molar-refractivity contribution in [3.05, 3.63) is 72.1 Å². The number of fused-ring (bicyclic) bond motifs is 3. The Morgan fingerprint density at radius 1 is 1.07 bits per heavy atom. The van der Waals surface area contributed by atoms with Crippen LogP contribution < -0.4 is 4.90 Å². The van der Waals surface area contributed by atoms with Crippen LogP contribution in [-0.2, 0) is 16.4 Å². The number of carbonyl (C=O) groups is 1. The molecule has 0 aliphatic heterocycles. The van der Waals surface area contributed by atoms with Gasteiger partial charge in [0.15, 0.2) is 0 Å². The first-order valence-electron chi connectivity index (χ1n) is 14.0. The van der Waals surface area contributed by atoms with Crippen molar-refractivity contribution < 1.29 is 26.9 Å². The molecule has 6 rings (SSSR count). The number of pyridine rings is 1. The van der Waals surface area contributed by atoms with Crippen LogP contribution in [0.3, 0.4) is 0 Å². The maximum absolute atomic E-state index is 13.5. The van der Waals surface area contributed by atoms with Crippen LogP contribution in [0, 0.1) is 5.41 Å². The van der Waals surface area contributed by atoms with E-state index in [1.54, 1.807) is 4.90 Å². The molecule has 2 heterocycles. The smallest absolute Gasteiger partial charge is 0.339 e. The third-order valence-corrected chi connectivity index (χ3v) is 8.79. The Hall–Kier alpha value is -3.56. The molecule has 2 aromatic heterocycles. The number of aromatic nitrogens is 3. The van der Waals surface area contributed by atoms with Crippen molar-refractivity contribution in [1.29, 1.82) is 0 Å². The van der Waals surface area contributed by atoms with E-state index in [0.29, 0.717) is 35.2 Å². The molecule has 3 saturated carbocycles. The Balaban J connectivity index is 1.37. The molecule has 3 aromatic rings. The molecule has 218 valence electrons. The van der Waals surface area contributed by atoms with E-state index in [-0.39, 0.29) is 35.5 Å². The fourth-order valence-corrected chi connectivity index (χ4v) is 6.20. The average molecular weight is 571 g/mol. The maximum atomic E-state index is 13.5. The Labute approximate surface area is 236 Å². The molecule has 3 aliphatic rings. The topological polar surface area (TPSA) is 72.1 Å². The number of hydrogen-bond donors (Lipinski definition) is 0. The van der Waals surface area contributed by atoms with Crippen molar-refractivity contribution in [2.45, 2.75) is 82.7 Å². The Kier molecular flexibility index (Phi) is 7.78. The van der Waals surface area contributed by atoms with E-state index in [1.807, 2.05) is 38.1 Å². The summed E-state index contributed by atoms with van der Waals surface area (Å²) in [6, 6.07) is 10.0. The predicted octanol–water partition coefficient (Wildman–Crippen LogP) is 8.16. The Morgan fingerprint density at radius 3 is 2.34 bits per heavy atom. The number of carbonyl (C=O) groups excluding carboxylic acids is 1. The van der Waals surface area contributed by atoms with E-state index in [4.69, 9.17) is 4.52 Å². The SMILES string of the molecule is C=C(F)CCC(=O)N(CC12CCC(c3ccc(C(F)(F)F)cn3)(CC1)CC2)c1cccc(-c2noc(C(C)C)n2)c1. The fraction of sp³-hybridized carbons (Fsp3) is 0.484. The molecule has 41 heavy (non-hydrogen) atoms. The van der Waals surface area contributed by atoms with Gasteiger partial charge in [-0.1, -0.05) is 37.7 Å². The molecule has 0 saturated heterocycles. The lowest BCUT2D eigenvalue weighted by atomic mass is 9.52. The second-order valence-corrected chi connectivity index (χ2v) is 11.9. The highest BCUT2D eigenvalue weighted by Gasteiger charge is 2.51. The van der Waals surface area contributed by atoms with E-state index in [9.17, 15) is 22.4 Å². The van der Waals surface area contributed by atoms with Gasteiger partial charge in [-0.2, -0.15) is 18.2 Å². The summed E-state index contributed by atoms with van der Waals surface area (Å²) in [6.07, 6.45) is 1.27. The normalized spacial score (nSPS) is 22.2. The fourth-order valence-electron chi connectivity index (χ4n) is 6.20. The molecule has 3 aliphatic carbocycles. The minimum absolute atomic E-state index is 0.00520. The summed E-state index contributed by atoms with van der Waals surface area (Å²) in [6.45, 7) is 7.69. The summed E-state index contributed by atoms with van der Waals surface area (Å²) in [5.74, 6) is 0.296. The van der Waals surface area contributed by atoms with Crippen molar-refractivity contribution in [2.24, 2.45) is 5.41 Å². The van der Waals surface area contributed by atoms with Gasteiger partial charge < -0.3 is 9.42 Å². The molecular weight excluding hydrogens is 536 g/mol. The Bertz CT molecular complexity index is 1390. The number of amides is 1. The van der Waals surface area contributed by atoms with Gasteiger partial charge in [0.25, 0.3) is 0 Å². The van der Waals surface area contributed by atoms with Gasteiger partial charge in [0.2, 0.25) is 17.6 Å². The highest BCUT2D eigenvalue weighted by molar-refractivity contribution is 5.94. The van der Waals surface area contributed by atoms with E-state index in [2.05, 4.69) is 21.7 Å².